The maximum absolute atomic E-state index is 15.1. The summed E-state index contributed by atoms with van der Waals surface area (Å²) < 4.78 is 36.1. The molecule has 2 fully saturated rings. The minimum absolute atomic E-state index is 0.0128. The maximum Gasteiger partial charge on any atom is 0.267 e. The molecule has 200 valence electrons. The third kappa shape index (κ3) is 4.85. The number of anilines is 3. The van der Waals surface area contributed by atoms with Gasteiger partial charge in [-0.05, 0) is 12.8 Å². The number of hydrogen-bond acceptors (Lipinski definition) is 7. The fraction of sp³-hybridized carbons (Fsp3) is 0.583. The van der Waals surface area contributed by atoms with Crippen molar-refractivity contribution in [3.8, 4) is 0 Å². The average Bonchev–Trinajstić information content (AvgIpc) is 3.20. The predicted molar refractivity (Wildman–Crippen MR) is 135 cm³/mol. The molecule has 3 aliphatic rings. The predicted octanol–water partition coefficient (Wildman–Crippen LogP) is 1.25. The van der Waals surface area contributed by atoms with Gasteiger partial charge in [0.2, 0.25) is 11.7 Å². The Morgan fingerprint density at radius 3 is 2.57 bits per heavy atom. The number of piperidine rings is 1. The van der Waals surface area contributed by atoms with Gasteiger partial charge >= 0.3 is 0 Å². The van der Waals surface area contributed by atoms with Crippen molar-refractivity contribution in [2.24, 2.45) is 5.92 Å². The molecule has 0 radical (unpaired) electrons. The first kappa shape index (κ1) is 25.3. The Morgan fingerprint density at radius 1 is 1.16 bits per heavy atom. The minimum atomic E-state index is -1.12. The number of nitrogen functional groups attached to an aromatic ring is 1. The molecule has 13 heteroatoms. The van der Waals surface area contributed by atoms with E-state index in [2.05, 4.69) is 15.4 Å². The highest BCUT2D eigenvalue weighted by molar-refractivity contribution is 6.11. The van der Waals surface area contributed by atoms with E-state index in [0.717, 1.165) is 6.20 Å². The Hall–Kier alpha value is -3.32. The van der Waals surface area contributed by atoms with Crippen molar-refractivity contribution in [2.45, 2.75) is 25.6 Å². The lowest BCUT2D eigenvalue weighted by Gasteiger charge is -2.37. The topological polar surface area (TPSA) is 119 Å². The van der Waals surface area contributed by atoms with Gasteiger partial charge in [-0.25, -0.2) is 13.5 Å². The van der Waals surface area contributed by atoms with E-state index in [-0.39, 0.29) is 52.2 Å². The smallest absolute Gasteiger partial charge is 0.267 e. The third-order valence-electron chi connectivity index (χ3n) is 7.38. The first-order valence-electron chi connectivity index (χ1n) is 12.6. The SMILES string of the molecule is C[N+]1(C)CC(F)Cn2nc(N)c(C(=O)Nc3cncc(F)c3N3CCC(C(=O)N4CCOCC4)CC3)c21. The second-order valence-electron chi connectivity index (χ2n) is 10.4. The van der Waals surface area contributed by atoms with Crippen molar-refractivity contribution >= 4 is 34.8 Å². The fourth-order valence-corrected chi connectivity index (χ4v) is 5.68. The molecule has 3 aliphatic heterocycles. The molecular formula is C24H33F2N8O3+. The van der Waals surface area contributed by atoms with Gasteiger partial charge in [-0.2, -0.15) is 0 Å². The minimum Gasteiger partial charge on any atom is -0.381 e. The number of hydrogen-bond donors (Lipinski definition) is 2. The van der Waals surface area contributed by atoms with Crippen molar-refractivity contribution in [2.75, 3.05) is 76.0 Å². The Kier molecular flexibility index (Phi) is 6.75. The molecule has 2 aromatic rings. The summed E-state index contributed by atoms with van der Waals surface area (Å²) in [7, 11) is 3.57. The lowest BCUT2D eigenvalue weighted by molar-refractivity contribution is -0.140. The van der Waals surface area contributed by atoms with Crippen LogP contribution in [0.15, 0.2) is 12.4 Å². The van der Waals surface area contributed by atoms with Crippen LogP contribution in [0.4, 0.5) is 31.8 Å². The second kappa shape index (κ2) is 9.86. The molecular weight excluding hydrogens is 486 g/mol. The van der Waals surface area contributed by atoms with Crippen molar-refractivity contribution in [1.82, 2.24) is 24.1 Å². The van der Waals surface area contributed by atoms with E-state index in [1.807, 2.05) is 9.80 Å². The van der Waals surface area contributed by atoms with E-state index in [4.69, 9.17) is 10.5 Å². The van der Waals surface area contributed by atoms with Crippen molar-refractivity contribution in [1.29, 1.82) is 0 Å². The van der Waals surface area contributed by atoms with Crippen LogP contribution < -0.4 is 20.4 Å². The quantitative estimate of drug-likeness (QED) is 0.584. The molecule has 5 rings (SSSR count). The van der Waals surface area contributed by atoms with Gasteiger partial charge in [-0.1, -0.05) is 0 Å². The standard InChI is InChI=1S/C24H32F2N8O3/c1-34(2)14-16(25)13-33-23(34)19(21(27)30-33)22(35)29-18-12-28-11-17(26)20(18)31-5-3-15(4-6-31)24(36)32-7-9-37-10-8-32/h11-12,15-16H,3-10,13-14H2,1-2H3,(H2-,27,29,30,35)/p+1. The normalized spacial score (nSPS) is 22.0. The molecule has 37 heavy (non-hydrogen) atoms. The lowest BCUT2D eigenvalue weighted by Crippen LogP contribution is -2.52. The summed E-state index contributed by atoms with van der Waals surface area (Å²) in [4.78, 5) is 33.9. The molecule has 0 aliphatic carbocycles. The fourth-order valence-electron chi connectivity index (χ4n) is 5.68. The first-order valence-corrected chi connectivity index (χ1v) is 12.6. The van der Waals surface area contributed by atoms with E-state index in [0.29, 0.717) is 58.1 Å². The highest BCUT2D eigenvalue weighted by Crippen LogP contribution is 2.36. The van der Waals surface area contributed by atoms with Gasteiger partial charge in [0.05, 0.1) is 51.9 Å². The number of carbonyl (C=O) groups is 2. The molecule has 11 nitrogen and oxygen atoms in total. The van der Waals surface area contributed by atoms with Gasteiger partial charge in [-0.3, -0.25) is 19.1 Å². The molecule has 2 saturated heterocycles. The monoisotopic (exact) mass is 519 g/mol. The number of aromatic nitrogens is 3. The molecule has 0 bridgehead atoms. The molecule has 0 aromatic carbocycles. The van der Waals surface area contributed by atoms with Crippen molar-refractivity contribution in [3.63, 3.8) is 0 Å². The lowest BCUT2D eigenvalue weighted by atomic mass is 9.94. The number of nitrogens with zero attached hydrogens (tertiary/aromatic N) is 6. The van der Waals surface area contributed by atoms with E-state index in [1.54, 1.807) is 14.1 Å². The maximum atomic E-state index is 15.1. The highest BCUT2D eigenvalue weighted by Gasteiger charge is 2.41. The van der Waals surface area contributed by atoms with Gasteiger partial charge in [0.15, 0.2) is 23.4 Å². The number of amides is 2. The van der Waals surface area contributed by atoms with E-state index in [1.165, 1.54) is 10.9 Å². The van der Waals surface area contributed by atoms with Crippen LogP contribution >= 0.6 is 0 Å². The number of pyridine rings is 1. The summed E-state index contributed by atoms with van der Waals surface area (Å²) in [5.41, 5.74) is 6.65. The Morgan fingerprint density at radius 2 is 1.86 bits per heavy atom. The number of morpholine rings is 1. The van der Waals surface area contributed by atoms with E-state index in [9.17, 15) is 14.0 Å². The third-order valence-corrected chi connectivity index (χ3v) is 7.38. The Bertz CT molecular complexity index is 1190. The summed E-state index contributed by atoms with van der Waals surface area (Å²) in [6, 6.07) is 0. The van der Waals surface area contributed by atoms with Crippen LogP contribution in [-0.4, -0.2) is 97.7 Å². The largest absolute Gasteiger partial charge is 0.381 e. The Labute approximate surface area is 213 Å². The zero-order valence-corrected chi connectivity index (χ0v) is 21.1. The molecule has 3 N–H and O–H groups in total. The van der Waals surface area contributed by atoms with Crippen LogP contribution in [0, 0.1) is 11.7 Å². The Balaban J connectivity index is 1.34. The number of alkyl halides is 1. The van der Waals surface area contributed by atoms with Gasteiger partial charge in [0, 0.05) is 32.1 Å². The molecule has 1 atom stereocenters. The van der Waals surface area contributed by atoms with Crippen LogP contribution in [0.25, 0.3) is 0 Å². The van der Waals surface area contributed by atoms with Crippen LogP contribution in [-0.2, 0) is 16.1 Å². The number of quaternary nitrogens is 1. The average molecular weight is 520 g/mol. The van der Waals surface area contributed by atoms with Crippen molar-refractivity contribution in [3.05, 3.63) is 23.8 Å². The summed E-state index contributed by atoms with van der Waals surface area (Å²) in [5, 5.41) is 6.95. The number of rotatable bonds is 4. The van der Waals surface area contributed by atoms with E-state index < -0.39 is 17.9 Å². The van der Waals surface area contributed by atoms with Crippen molar-refractivity contribution < 1.29 is 23.1 Å². The van der Waals surface area contributed by atoms with Crippen LogP contribution in [0.5, 0.6) is 0 Å². The molecule has 2 amide bonds. The second-order valence-corrected chi connectivity index (χ2v) is 10.4. The van der Waals surface area contributed by atoms with Gasteiger partial charge in [-0.15, -0.1) is 5.10 Å². The molecule has 0 saturated carbocycles. The number of halogens is 2. The number of ether oxygens (including phenoxy) is 1. The number of carbonyl (C=O) groups excluding carboxylic acids is 2. The van der Waals surface area contributed by atoms with Gasteiger partial charge in [0.1, 0.15) is 12.2 Å². The van der Waals surface area contributed by atoms with Gasteiger partial charge in [0.25, 0.3) is 5.91 Å². The van der Waals surface area contributed by atoms with Crippen LogP contribution in [0.1, 0.15) is 23.2 Å². The highest BCUT2D eigenvalue weighted by atomic mass is 19.1. The number of nitrogens with two attached hydrogens (primary N) is 1. The number of fused-ring (bicyclic) bond motifs is 1. The zero-order valence-electron chi connectivity index (χ0n) is 21.1. The molecule has 1 unspecified atom stereocenters. The first-order chi connectivity index (χ1) is 17.7. The number of nitrogens with one attached hydrogen (secondary N) is 1. The van der Waals surface area contributed by atoms with Crippen LogP contribution in [0.3, 0.4) is 0 Å². The van der Waals surface area contributed by atoms with Crippen LogP contribution in [0.2, 0.25) is 0 Å². The summed E-state index contributed by atoms with van der Waals surface area (Å²) in [6.07, 6.45) is 2.53. The summed E-state index contributed by atoms with van der Waals surface area (Å²) >= 11 is 0. The molecule has 2 aromatic heterocycles. The van der Waals surface area contributed by atoms with E-state index >= 15 is 4.39 Å². The molecule has 5 heterocycles. The van der Waals surface area contributed by atoms with Gasteiger partial charge < -0.3 is 25.6 Å². The summed E-state index contributed by atoms with van der Waals surface area (Å²) in [6.45, 7) is 3.39. The molecule has 0 spiro atoms. The summed E-state index contributed by atoms with van der Waals surface area (Å²) in [5.74, 6) is -0.663. The zero-order chi connectivity index (χ0) is 26.3.